The molecule has 3 aliphatic rings. The lowest BCUT2D eigenvalue weighted by molar-refractivity contribution is 0.314. The average Bonchev–Trinajstić information content (AvgIpc) is 2.47. The third kappa shape index (κ3) is 1.10. The molecule has 0 aliphatic heterocycles. The molecular weight excluding hydrogens is 222 g/mol. The Bertz CT molecular complexity index is 612. The quantitative estimate of drug-likeness (QED) is 0.550. The fraction of sp³-hybridized carbons (Fsp3) is 0.188. The number of hydrogen-bond donors (Lipinski definition) is 1. The first-order valence-corrected chi connectivity index (χ1v) is 6.28. The van der Waals surface area contributed by atoms with Crippen LogP contribution < -0.4 is 0 Å². The Hall–Kier alpha value is -2.09. The van der Waals surface area contributed by atoms with E-state index in [0.29, 0.717) is 5.92 Å². The van der Waals surface area contributed by atoms with Crippen molar-refractivity contribution in [3.63, 3.8) is 0 Å². The number of oxime groups is 1. The predicted octanol–water partition coefficient (Wildman–Crippen LogP) is 3.50. The highest BCUT2D eigenvalue weighted by Gasteiger charge is 2.41. The van der Waals surface area contributed by atoms with Crippen molar-refractivity contribution in [3.8, 4) is 0 Å². The SMILES string of the molecule is ON=C1CC2c3ccccc3C1c1ccccc12. The van der Waals surface area contributed by atoms with Crippen molar-refractivity contribution in [3.05, 3.63) is 70.8 Å². The van der Waals surface area contributed by atoms with Crippen LogP contribution in [0.5, 0.6) is 0 Å². The van der Waals surface area contributed by atoms with Gasteiger partial charge in [0, 0.05) is 12.3 Å². The number of rotatable bonds is 0. The van der Waals surface area contributed by atoms with Crippen LogP contribution in [0.2, 0.25) is 0 Å². The zero-order valence-corrected chi connectivity index (χ0v) is 9.88. The monoisotopic (exact) mass is 235 g/mol. The molecule has 2 aromatic carbocycles. The van der Waals surface area contributed by atoms with Gasteiger partial charge in [0.15, 0.2) is 0 Å². The van der Waals surface area contributed by atoms with Crippen molar-refractivity contribution in [2.75, 3.05) is 0 Å². The van der Waals surface area contributed by atoms with Crippen molar-refractivity contribution in [1.29, 1.82) is 0 Å². The maximum atomic E-state index is 9.25. The van der Waals surface area contributed by atoms with Gasteiger partial charge < -0.3 is 5.21 Å². The lowest BCUT2D eigenvalue weighted by atomic mass is 9.63. The van der Waals surface area contributed by atoms with Gasteiger partial charge in [0.2, 0.25) is 0 Å². The Kier molecular flexibility index (Phi) is 1.90. The van der Waals surface area contributed by atoms with Crippen LogP contribution >= 0.6 is 0 Å². The van der Waals surface area contributed by atoms with Crippen LogP contribution in [-0.2, 0) is 0 Å². The highest BCUT2D eigenvalue weighted by Crippen LogP contribution is 2.51. The largest absolute Gasteiger partial charge is 0.411 e. The number of nitrogens with zero attached hydrogens (tertiary/aromatic N) is 1. The fourth-order valence-corrected chi connectivity index (χ4v) is 3.52. The van der Waals surface area contributed by atoms with Gasteiger partial charge in [-0.15, -0.1) is 0 Å². The molecule has 2 heteroatoms. The second kappa shape index (κ2) is 3.45. The minimum absolute atomic E-state index is 0.146. The van der Waals surface area contributed by atoms with E-state index >= 15 is 0 Å². The summed E-state index contributed by atoms with van der Waals surface area (Å²) >= 11 is 0. The topological polar surface area (TPSA) is 32.6 Å². The molecule has 0 amide bonds. The molecule has 5 rings (SSSR count). The van der Waals surface area contributed by atoms with Crippen molar-refractivity contribution in [2.45, 2.75) is 18.3 Å². The van der Waals surface area contributed by atoms with E-state index in [1.54, 1.807) is 0 Å². The molecule has 0 fully saturated rings. The zero-order valence-electron chi connectivity index (χ0n) is 9.88. The molecule has 2 bridgehead atoms. The second-order valence-corrected chi connectivity index (χ2v) is 5.04. The van der Waals surface area contributed by atoms with Crippen molar-refractivity contribution in [2.24, 2.45) is 5.16 Å². The van der Waals surface area contributed by atoms with E-state index < -0.39 is 0 Å². The van der Waals surface area contributed by atoms with Crippen LogP contribution in [0.25, 0.3) is 0 Å². The third-order valence-electron chi connectivity index (χ3n) is 4.24. The zero-order chi connectivity index (χ0) is 12.1. The third-order valence-corrected chi connectivity index (χ3v) is 4.24. The molecule has 0 aromatic heterocycles. The molecule has 0 saturated heterocycles. The summed E-state index contributed by atoms with van der Waals surface area (Å²) in [6.07, 6.45) is 0.842. The van der Waals surface area contributed by atoms with Gasteiger partial charge >= 0.3 is 0 Å². The van der Waals surface area contributed by atoms with Gasteiger partial charge in [0.05, 0.1) is 11.6 Å². The smallest absolute Gasteiger partial charge is 0.0699 e. The van der Waals surface area contributed by atoms with E-state index in [4.69, 9.17) is 0 Å². The molecule has 88 valence electrons. The van der Waals surface area contributed by atoms with Crippen LogP contribution in [-0.4, -0.2) is 10.9 Å². The number of fused-ring (bicyclic) bond motifs is 1. The van der Waals surface area contributed by atoms with Gasteiger partial charge in [-0.2, -0.15) is 0 Å². The molecule has 0 atom stereocenters. The van der Waals surface area contributed by atoms with Gasteiger partial charge in [-0.1, -0.05) is 53.7 Å². The Labute approximate surface area is 106 Å². The average molecular weight is 235 g/mol. The van der Waals surface area contributed by atoms with Gasteiger partial charge in [0.1, 0.15) is 0 Å². The van der Waals surface area contributed by atoms with E-state index in [-0.39, 0.29) is 5.92 Å². The maximum Gasteiger partial charge on any atom is 0.0699 e. The van der Waals surface area contributed by atoms with E-state index in [9.17, 15) is 5.21 Å². The summed E-state index contributed by atoms with van der Waals surface area (Å²) in [5, 5.41) is 12.8. The molecule has 0 spiro atoms. The molecule has 18 heavy (non-hydrogen) atoms. The van der Waals surface area contributed by atoms with Crippen LogP contribution in [0.3, 0.4) is 0 Å². The van der Waals surface area contributed by atoms with Crippen molar-refractivity contribution in [1.82, 2.24) is 0 Å². The molecule has 3 aliphatic carbocycles. The van der Waals surface area contributed by atoms with Crippen molar-refractivity contribution < 1.29 is 5.21 Å². The maximum absolute atomic E-state index is 9.25. The van der Waals surface area contributed by atoms with Gasteiger partial charge in [-0.3, -0.25) is 0 Å². The molecule has 0 unspecified atom stereocenters. The van der Waals surface area contributed by atoms with E-state index in [0.717, 1.165) is 12.1 Å². The second-order valence-electron chi connectivity index (χ2n) is 5.04. The summed E-state index contributed by atoms with van der Waals surface area (Å²) in [4.78, 5) is 0. The van der Waals surface area contributed by atoms with Crippen LogP contribution in [0.4, 0.5) is 0 Å². The molecule has 0 saturated carbocycles. The lowest BCUT2D eigenvalue weighted by Crippen LogP contribution is -2.32. The molecule has 1 N–H and O–H groups in total. The van der Waals surface area contributed by atoms with E-state index in [1.165, 1.54) is 22.3 Å². The van der Waals surface area contributed by atoms with Gasteiger partial charge in [-0.05, 0) is 22.3 Å². The Morgan fingerprint density at radius 2 is 1.33 bits per heavy atom. The summed E-state index contributed by atoms with van der Waals surface area (Å²) in [7, 11) is 0. The van der Waals surface area contributed by atoms with Gasteiger partial charge in [0.25, 0.3) is 0 Å². The molecule has 0 radical (unpaired) electrons. The lowest BCUT2D eigenvalue weighted by Gasteiger charge is -2.40. The van der Waals surface area contributed by atoms with E-state index in [1.807, 2.05) is 0 Å². The highest BCUT2D eigenvalue weighted by atomic mass is 16.4. The Morgan fingerprint density at radius 1 is 0.833 bits per heavy atom. The summed E-state index contributed by atoms with van der Waals surface area (Å²) in [5.74, 6) is 0.501. The summed E-state index contributed by atoms with van der Waals surface area (Å²) in [6.45, 7) is 0. The predicted molar refractivity (Wildman–Crippen MR) is 70.4 cm³/mol. The van der Waals surface area contributed by atoms with Crippen LogP contribution in [0.15, 0.2) is 53.7 Å². The first kappa shape index (κ1) is 9.89. The van der Waals surface area contributed by atoms with Crippen LogP contribution in [0.1, 0.15) is 40.5 Å². The number of hydrogen-bond acceptors (Lipinski definition) is 2. The van der Waals surface area contributed by atoms with Crippen LogP contribution in [0, 0.1) is 0 Å². The summed E-state index contributed by atoms with van der Waals surface area (Å²) in [6, 6.07) is 17.1. The highest BCUT2D eigenvalue weighted by molar-refractivity contribution is 5.99. The standard InChI is InChI=1S/C16H13NO/c18-17-15-9-14-10-5-1-3-7-12(10)16(15)13-8-4-2-6-11(13)14/h1-8,14,16,18H,9H2. The molecular formula is C16H13NO. The summed E-state index contributed by atoms with van der Waals surface area (Å²) < 4.78 is 0. The van der Waals surface area contributed by atoms with Gasteiger partial charge in [-0.25, -0.2) is 0 Å². The minimum atomic E-state index is 0.146. The number of benzene rings is 2. The minimum Gasteiger partial charge on any atom is -0.411 e. The summed E-state index contributed by atoms with van der Waals surface area (Å²) in [5.41, 5.74) is 6.31. The Morgan fingerprint density at radius 3 is 1.83 bits per heavy atom. The normalized spacial score (nSPS) is 25.9. The fourth-order valence-electron chi connectivity index (χ4n) is 3.52. The first-order chi connectivity index (χ1) is 8.90. The molecule has 2 aromatic rings. The van der Waals surface area contributed by atoms with E-state index in [2.05, 4.69) is 53.7 Å². The molecule has 0 heterocycles. The van der Waals surface area contributed by atoms with Crippen molar-refractivity contribution >= 4 is 5.71 Å². The first-order valence-electron chi connectivity index (χ1n) is 6.28. The molecule has 2 nitrogen and oxygen atoms in total. The Balaban J connectivity index is 2.06.